The molecule has 2 rings (SSSR count). The molecule has 1 aromatic rings. The zero-order valence-corrected chi connectivity index (χ0v) is 12.2. The third kappa shape index (κ3) is 3.28. The van der Waals surface area contributed by atoms with Gasteiger partial charge in [0.15, 0.2) is 0 Å². The first-order valence-corrected chi connectivity index (χ1v) is 7.31. The highest BCUT2D eigenvalue weighted by Gasteiger charge is 2.43. The van der Waals surface area contributed by atoms with E-state index >= 15 is 0 Å². The Labute approximate surface area is 128 Å². The van der Waals surface area contributed by atoms with Crippen LogP contribution in [0.25, 0.3) is 0 Å². The summed E-state index contributed by atoms with van der Waals surface area (Å²) in [6.07, 6.45) is 2.95. The highest BCUT2D eigenvalue weighted by molar-refractivity contribution is 5.92. The van der Waals surface area contributed by atoms with Gasteiger partial charge in [-0.25, -0.2) is 9.59 Å². The molecule has 22 heavy (non-hydrogen) atoms. The van der Waals surface area contributed by atoms with Crippen molar-refractivity contribution in [3.05, 3.63) is 35.4 Å². The Morgan fingerprint density at radius 3 is 2.32 bits per heavy atom. The van der Waals surface area contributed by atoms with Crippen molar-refractivity contribution in [2.75, 3.05) is 13.2 Å². The molecule has 1 aromatic carbocycles. The number of hydrogen-bond acceptors (Lipinski definition) is 5. The molecule has 0 aromatic heterocycles. The van der Waals surface area contributed by atoms with Gasteiger partial charge < -0.3 is 20.1 Å². The van der Waals surface area contributed by atoms with Crippen LogP contribution in [0.15, 0.2) is 24.3 Å². The van der Waals surface area contributed by atoms with Crippen LogP contribution in [-0.4, -0.2) is 46.1 Å². The van der Waals surface area contributed by atoms with Gasteiger partial charge >= 0.3 is 11.9 Å². The van der Waals surface area contributed by atoms with Crippen molar-refractivity contribution in [1.29, 1.82) is 0 Å². The summed E-state index contributed by atoms with van der Waals surface area (Å²) >= 11 is 0. The van der Waals surface area contributed by atoms with E-state index in [0.29, 0.717) is 12.8 Å². The summed E-state index contributed by atoms with van der Waals surface area (Å²) in [5.41, 5.74) is -0.755. The highest BCUT2D eigenvalue weighted by Crippen LogP contribution is 2.37. The number of carboxylic acid groups (broad SMARTS) is 1. The quantitative estimate of drug-likeness (QED) is 0.711. The smallest absolute Gasteiger partial charge is 0.338 e. The maximum absolute atomic E-state index is 12.3. The van der Waals surface area contributed by atoms with Crippen LogP contribution in [-0.2, 0) is 4.74 Å². The van der Waals surface area contributed by atoms with E-state index in [0.717, 1.165) is 12.8 Å². The van der Waals surface area contributed by atoms with Crippen LogP contribution in [0.1, 0.15) is 46.4 Å². The lowest BCUT2D eigenvalue weighted by atomic mass is 9.76. The summed E-state index contributed by atoms with van der Waals surface area (Å²) in [4.78, 5) is 23.1. The molecule has 2 atom stereocenters. The predicted molar refractivity (Wildman–Crippen MR) is 77.7 cm³/mol. The van der Waals surface area contributed by atoms with E-state index in [1.54, 1.807) is 0 Å². The Hall–Kier alpha value is -1.92. The molecule has 1 aliphatic rings. The summed E-state index contributed by atoms with van der Waals surface area (Å²) in [5, 5.41) is 28.0. The van der Waals surface area contributed by atoms with Crippen molar-refractivity contribution in [2.45, 2.75) is 31.3 Å². The van der Waals surface area contributed by atoms with Gasteiger partial charge in [0.1, 0.15) is 5.60 Å². The highest BCUT2D eigenvalue weighted by atomic mass is 16.6. The molecule has 0 aliphatic heterocycles. The largest absolute Gasteiger partial charge is 0.478 e. The topological polar surface area (TPSA) is 104 Å². The number of carbonyl (C=O) groups excluding carboxylic acids is 1. The fourth-order valence-electron chi connectivity index (χ4n) is 2.91. The number of aliphatic hydroxyl groups is 2. The van der Waals surface area contributed by atoms with Crippen LogP contribution >= 0.6 is 0 Å². The molecule has 6 heteroatoms. The van der Waals surface area contributed by atoms with Gasteiger partial charge in [0.05, 0.1) is 17.7 Å². The van der Waals surface area contributed by atoms with E-state index in [4.69, 9.17) is 9.84 Å². The van der Waals surface area contributed by atoms with Crippen LogP contribution in [0.4, 0.5) is 0 Å². The van der Waals surface area contributed by atoms with Gasteiger partial charge in [-0.1, -0.05) is 6.42 Å². The summed E-state index contributed by atoms with van der Waals surface area (Å²) < 4.78 is 5.52. The van der Waals surface area contributed by atoms with E-state index in [2.05, 4.69) is 0 Å². The van der Waals surface area contributed by atoms with Crippen molar-refractivity contribution in [1.82, 2.24) is 0 Å². The Morgan fingerprint density at radius 2 is 1.77 bits per heavy atom. The zero-order chi connectivity index (χ0) is 16.2. The lowest BCUT2D eigenvalue weighted by Crippen LogP contribution is -2.49. The monoisotopic (exact) mass is 308 g/mol. The van der Waals surface area contributed by atoms with Crippen LogP contribution < -0.4 is 0 Å². The maximum atomic E-state index is 12.3. The van der Waals surface area contributed by atoms with Crippen molar-refractivity contribution in [2.24, 2.45) is 5.92 Å². The van der Waals surface area contributed by atoms with E-state index in [9.17, 15) is 19.8 Å². The van der Waals surface area contributed by atoms with Crippen molar-refractivity contribution in [3.63, 3.8) is 0 Å². The van der Waals surface area contributed by atoms with Gasteiger partial charge in [0, 0.05) is 12.5 Å². The van der Waals surface area contributed by atoms with Gasteiger partial charge in [-0.2, -0.15) is 0 Å². The maximum Gasteiger partial charge on any atom is 0.338 e. The molecule has 6 nitrogen and oxygen atoms in total. The predicted octanol–water partition coefficient (Wildman–Crippen LogP) is 1.46. The zero-order valence-electron chi connectivity index (χ0n) is 12.2. The number of aliphatic hydroxyl groups excluding tert-OH is 2. The number of carboxylic acids is 1. The Kier molecular flexibility index (Phi) is 5.15. The van der Waals surface area contributed by atoms with E-state index in [-0.39, 0.29) is 30.3 Å². The van der Waals surface area contributed by atoms with E-state index in [1.807, 2.05) is 0 Å². The molecule has 120 valence electrons. The van der Waals surface area contributed by atoms with E-state index < -0.39 is 17.5 Å². The molecule has 1 aliphatic carbocycles. The van der Waals surface area contributed by atoms with Crippen LogP contribution in [0, 0.1) is 5.92 Å². The normalized spacial score (nSPS) is 24.7. The van der Waals surface area contributed by atoms with Gasteiger partial charge in [-0.3, -0.25) is 0 Å². The second-order valence-electron chi connectivity index (χ2n) is 5.62. The average Bonchev–Trinajstić information content (AvgIpc) is 2.55. The number of rotatable bonds is 5. The molecule has 3 N–H and O–H groups in total. The number of esters is 1. The molecule has 0 bridgehead atoms. The van der Waals surface area contributed by atoms with Crippen molar-refractivity contribution < 1.29 is 29.6 Å². The minimum atomic E-state index is -1.07. The Morgan fingerprint density at radius 1 is 1.14 bits per heavy atom. The van der Waals surface area contributed by atoms with Gasteiger partial charge in [0.25, 0.3) is 0 Å². The molecule has 0 radical (unpaired) electrons. The number of hydrogen-bond donors (Lipinski definition) is 3. The molecule has 2 unspecified atom stereocenters. The minimum Gasteiger partial charge on any atom is -0.478 e. The fraction of sp³-hybridized carbons (Fsp3) is 0.500. The third-order valence-corrected chi connectivity index (χ3v) is 4.30. The first-order chi connectivity index (χ1) is 10.5. The van der Waals surface area contributed by atoms with Gasteiger partial charge in [-0.15, -0.1) is 0 Å². The number of ether oxygens (including phenoxy) is 1. The van der Waals surface area contributed by atoms with E-state index in [1.165, 1.54) is 24.3 Å². The molecule has 0 heterocycles. The minimum absolute atomic E-state index is 0.0827. The molecule has 1 fully saturated rings. The molecule has 0 saturated heterocycles. The van der Waals surface area contributed by atoms with Gasteiger partial charge in [0.2, 0.25) is 0 Å². The first kappa shape index (κ1) is 16.5. The van der Waals surface area contributed by atoms with Crippen molar-refractivity contribution >= 4 is 11.9 Å². The Bertz CT molecular complexity index is 538. The Balaban J connectivity index is 2.16. The average molecular weight is 308 g/mol. The summed E-state index contributed by atoms with van der Waals surface area (Å²) in [6, 6.07) is 5.42. The summed E-state index contributed by atoms with van der Waals surface area (Å²) in [6.45, 7) is -0.483. The summed E-state index contributed by atoms with van der Waals surface area (Å²) in [7, 11) is 0. The van der Waals surface area contributed by atoms with Crippen LogP contribution in [0.3, 0.4) is 0 Å². The molecule has 0 amide bonds. The van der Waals surface area contributed by atoms with Gasteiger partial charge in [-0.05, 0) is 43.5 Å². The fourth-order valence-corrected chi connectivity index (χ4v) is 2.91. The lowest BCUT2D eigenvalue weighted by Gasteiger charge is -2.41. The summed E-state index contributed by atoms with van der Waals surface area (Å²) in [5.74, 6) is -1.97. The number of aromatic carboxylic acids is 1. The third-order valence-electron chi connectivity index (χ3n) is 4.30. The standard InChI is InChI=1S/C16H20O6/c17-9-13-3-1-2-8-16(13,10-18)22-15(21)12-6-4-11(5-7-12)14(19)20/h4-7,13,17-18H,1-3,8-10H2,(H,19,20). The molecule has 0 spiro atoms. The second kappa shape index (κ2) is 6.89. The first-order valence-electron chi connectivity index (χ1n) is 7.31. The SMILES string of the molecule is O=C(O)c1ccc(C(=O)OC2(CO)CCCCC2CO)cc1. The lowest BCUT2D eigenvalue weighted by molar-refractivity contribution is -0.111. The van der Waals surface area contributed by atoms with Crippen LogP contribution in [0.5, 0.6) is 0 Å². The molecular weight excluding hydrogens is 288 g/mol. The molecular formula is C16H20O6. The molecule has 1 saturated carbocycles. The van der Waals surface area contributed by atoms with Crippen LogP contribution in [0.2, 0.25) is 0 Å². The second-order valence-corrected chi connectivity index (χ2v) is 5.62. The number of benzene rings is 1. The number of carbonyl (C=O) groups is 2. The van der Waals surface area contributed by atoms with Crippen molar-refractivity contribution in [3.8, 4) is 0 Å².